The Hall–Kier alpha value is -2.34. The van der Waals surface area contributed by atoms with Gasteiger partial charge in [-0.25, -0.2) is 0 Å². The highest BCUT2D eigenvalue weighted by atomic mass is 14.2. The van der Waals surface area contributed by atoms with Crippen LogP contribution < -0.4 is 0 Å². The maximum atomic E-state index is 2.34. The minimum Gasteiger partial charge on any atom is -0.0776 e. The van der Waals surface area contributed by atoms with Crippen molar-refractivity contribution in [3.05, 3.63) is 106 Å². The molecule has 39 heavy (non-hydrogen) atoms. The van der Waals surface area contributed by atoms with Gasteiger partial charge in [-0.05, 0) is 73.6 Å². The van der Waals surface area contributed by atoms with E-state index in [1.54, 1.807) is 0 Å². The largest absolute Gasteiger partial charge is 0.0776 e. The molecule has 0 saturated heterocycles. The Morgan fingerprint density at radius 2 is 0.923 bits per heavy atom. The van der Waals surface area contributed by atoms with Crippen molar-refractivity contribution < 1.29 is 0 Å². The second-order valence-electron chi connectivity index (χ2n) is 10.4. The molecule has 1 aliphatic rings. The zero-order valence-electron chi connectivity index (χ0n) is 23.4. The molecule has 0 N–H and O–H groups in total. The first-order chi connectivity index (χ1) is 17.0. The summed E-state index contributed by atoms with van der Waals surface area (Å²) in [5.41, 5.74) is 8.29. The van der Waals surface area contributed by atoms with Gasteiger partial charge >= 0.3 is 0 Å². The van der Waals surface area contributed by atoms with Gasteiger partial charge in [-0.1, -0.05) is 173 Å². The SMILES string of the molecule is C.C.C.C.CCC1CCCC(CC)C1.CCc1cccc(CC)c1.Cc1ccc(Cc2ccc(C)cc2)cc1. The average molecular weight is 535 g/mol. The molecule has 3 aromatic rings. The molecular formula is C39H66. The molecule has 1 saturated carbocycles. The average Bonchev–Trinajstić information content (AvgIpc) is 2.92. The first-order valence-corrected chi connectivity index (χ1v) is 14.2. The van der Waals surface area contributed by atoms with Crippen molar-refractivity contribution in [2.24, 2.45) is 11.8 Å². The van der Waals surface area contributed by atoms with E-state index in [4.69, 9.17) is 0 Å². The molecule has 1 fully saturated rings. The van der Waals surface area contributed by atoms with E-state index in [2.05, 4.69) is 114 Å². The van der Waals surface area contributed by atoms with E-state index in [1.807, 2.05) is 0 Å². The third-order valence-electron chi connectivity index (χ3n) is 7.50. The zero-order chi connectivity index (χ0) is 25.5. The van der Waals surface area contributed by atoms with Crippen LogP contribution in [0.4, 0.5) is 0 Å². The van der Waals surface area contributed by atoms with Gasteiger partial charge in [0, 0.05) is 0 Å². The molecule has 0 aromatic heterocycles. The van der Waals surface area contributed by atoms with Crippen LogP contribution in [0.1, 0.15) is 129 Å². The lowest BCUT2D eigenvalue weighted by Crippen LogP contribution is -2.13. The molecule has 2 unspecified atom stereocenters. The van der Waals surface area contributed by atoms with Gasteiger partial charge in [0.05, 0.1) is 0 Å². The number of hydrogen-bond donors (Lipinski definition) is 0. The van der Waals surface area contributed by atoms with E-state index < -0.39 is 0 Å². The van der Waals surface area contributed by atoms with Gasteiger partial charge in [-0.15, -0.1) is 0 Å². The van der Waals surface area contributed by atoms with Crippen LogP contribution in [0.15, 0.2) is 72.8 Å². The first-order valence-electron chi connectivity index (χ1n) is 14.2. The summed E-state index contributed by atoms with van der Waals surface area (Å²) in [6.07, 6.45) is 12.2. The van der Waals surface area contributed by atoms with Gasteiger partial charge in [0.1, 0.15) is 0 Å². The Labute approximate surface area is 246 Å². The third kappa shape index (κ3) is 16.4. The maximum Gasteiger partial charge on any atom is -0.00258 e. The van der Waals surface area contributed by atoms with Crippen LogP contribution in [-0.2, 0) is 19.3 Å². The molecule has 2 atom stereocenters. The summed E-state index contributed by atoms with van der Waals surface area (Å²) in [5, 5.41) is 0. The molecule has 4 rings (SSSR count). The minimum absolute atomic E-state index is 0. The predicted molar refractivity (Wildman–Crippen MR) is 183 cm³/mol. The van der Waals surface area contributed by atoms with Crippen molar-refractivity contribution in [3.63, 3.8) is 0 Å². The van der Waals surface area contributed by atoms with Gasteiger partial charge in [-0.3, -0.25) is 0 Å². The second kappa shape index (κ2) is 23.5. The molecule has 0 spiro atoms. The van der Waals surface area contributed by atoms with Crippen molar-refractivity contribution in [1.29, 1.82) is 0 Å². The lowest BCUT2D eigenvalue weighted by atomic mass is 9.79. The van der Waals surface area contributed by atoms with Gasteiger partial charge in [0.25, 0.3) is 0 Å². The van der Waals surface area contributed by atoms with Crippen LogP contribution in [0, 0.1) is 25.7 Å². The molecule has 0 amide bonds. The Kier molecular flexibility index (Phi) is 24.8. The summed E-state index contributed by atoms with van der Waals surface area (Å²) in [6.45, 7) is 13.3. The molecule has 0 aliphatic heterocycles. The Bertz CT molecular complexity index is 860. The molecule has 0 bridgehead atoms. The highest BCUT2D eigenvalue weighted by molar-refractivity contribution is 5.29. The molecule has 0 radical (unpaired) electrons. The smallest absolute Gasteiger partial charge is 0.00258 e. The van der Waals surface area contributed by atoms with E-state index >= 15 is 0 Å². The summed E-state index contributed by atoms with van der Waals surface area (Å²) in [7, 11) is 0. The third-order valence-corrected chi connectivity index (χ3v) is 7.50. The normalized spacial score (nSPS) is 15.2. The number of rotatable bonds is 6. The summed E-state index contributed by atoms with van der Waals surface area (Å²) in [5.74, 6) is 2.14. The van der Waals surface area contributed by atoms with Crippen molar-refractivity contribution in [3.8, 4) is 0 Å². The van der Waals surface area contributed by atoms with Crippen LogP contribution in [0.3, 0.4) is 0 Å². The summed E-state index contributed by atoms with van der Waals surface area (Å²) in [4.78, 5) is 0. The quantitative estimate of drug-likeness (QED) is 0.295. The molecule has 0 heterocycles. The van der Waals surface area contributed by atoms with Gasteiger partial charge in [0.15, 0.2) is 0 Å². The first kappa shape index (κ1) is 41.1. The number of benzene rings is 3. The van der Waals surface area contributed by atoms with Crippen LogP contribution >= 0.6 is 0 Å². The van der Waals surface area contributed by atoms with Crippen LogP contribution in [-0.4, -0.2) is 0 Å². The van der Waals surface area contributed by atoms with E-state index in [9.17, 15) is 0 Å². The highest BCUT2D eigenvalue weighted by Gasteiger charge is 2.18. The van der Waals surface area contributed by atoms with Gasteiger partial charge < -0.3 is 0 Å². The Morgan fingerprint density at radius 1 is 0.538 bits per heavy atom. The molecule has 3 aromatic carbocycles. The van der Waals surface area contributed by atoms with Crippen LogP contribution in [0.5, 0.6) is 0 Å². The van der Waals surface area contributed by atoms with Crippen LogP contribution in [0.2, 0.25) is 0 Å². The van der Waals surface area contributed by atoms with Crippen molar-refractivity contribution in [2.75, 3.05) is 0 Å². The Balaban J connectivity index is -0.000000488. The fourth-order valence-electron chi connectivity index (χ4n) is 4.86. The molecular weight excluding hydrogens is 468 g/mol. The van der Waals surface area contributed by atoms with Gasteiger partial charge in [-0.2, -0.15) is 0 Å². The van der Waals surface area contributed by atoms with E-state index in [0.29, 0.717) is 0 Å². The van der Waals surface area contributed by atoms with Crippen molar-refractivity contribution in [2.45, 2.75) is 129 Å². The van der Waals surface area contributed by atoms with Crippen LogP contribution in [0.25, 0.3) is 0 Å². The molecule has 222 valence electrons. The van der Waals surface area contributed by atoms with E-state index in [0.717, 1.165) is 31.1 Å². The molecule has 1 aliphatic carbocycles. The topological polar surface area (TPSA) is 0 Å². The second-order valence-corrected chi connectivity index (χ2v) is 10.4. The van der Waals surface area contributed by atoms with Crippen molar-refractivity contribution >= 4 is 0 Å². The highest BCUT2D eigenvalue weighted by Crippen LogP contribution is 2.32. The molecule has 0 heteroatoms. The van der Waals surface area contributed by atoms with Gasteiger partial charge in [0.2, 0.25) is 0 Å². The van der Waals surface area contributed by atoms with Crippen molar-refractivity contribution in [1.82, 2.24) is 0 Å². The summed E-state index contributed by atoms with van der Waals surface area (Å²) >= 11 is 0. The fourth-order valence-corrected chi connectivity index (χ4v) is 4.86. The lowest BCUT2D eigenvalue weighted by Gasteiger charge is -2.27. The predicted octanol–water partition coefficient (Wildman–Crippen LogP) is 12.9. The fraction of sp³-hybridized carbons (Fsp3) is 0.538. The lowest BCUT2D eigenvalue weighted by molar-refractivity contribution is 0.255. The standard InChI is InChI=1S/C15H16.C10H20.C10H14.4CH4/c1-12-3-7-14(8-4-12)11-15-9-5-13(2)6-10-15;2*1-3-9-6-5-7-10(4-2)8-9;;;;/h3-10H,11H2,1-2H3;9-10H,3-8H2,1-2H3;5-8H,3-4H2,1-2H3;4*1H4. The van der Waals surface area contributed by atoms with E-state index in [1.165, 1.54) is 71.9 Å². The number of hydrogen-bond acceptors (Lipinski definition) is 0. The zero-order valence-corrected chi connectivity index (χ0v) is 23.4. The minimum atomic E-state index is 0. The monoisotopic (exact) mass is 535 g/mol. The Morgan fingerprint density at radius 3 is 1.26 bits per heavy atom. The summed E-state index contributed by atoms with van der Waals surface area (Å²) < 4.78 is 0. The molecule has 0 nitrogen and oxygen atoms in total. The number of aryl methyl sites for hydroxylation is 4. The maximum absolute atomic E-state index is 2.34. The summed E-state index contributed by atoms with van der Waals surface area (Å²) in [6, 6.07) is 26.3. The van der Waals surface area contributed by atoms with E-state index in [-0.39, 0.29) is 29.7 Å².